The minimum absolute atomic E-state index is 0.107. The van der Waals surface area contributed by atoms with Crippen LogP contribution in [0.4, 0.5) is 0 Å². The first-order chi connectivity index (χ1) is 26.6. The number of nitrogens with one attached hydrogen (secondary N) is 2. The van der Waals surface area contributed by atoms with Crippen LogP contribution in [0.1, 0.15) is 61.7 Å². The number of nitrogens with zero attached hydrogens (tertiary/aromatic N) is 10. The highest BCUT2D eigenvalue weighted by Crippen LogP contribution is 2.25. The highest BCUT2D eigenvalue weighted by molar-refractivity contribution is 6.01. The molecule has 8 aromatic rings. The van der Waals surface area contributed by atoms with Crippen molar-refractivity contribution in [2.24, 2.45) is 21.5 Å². The Balaban J connectivity index is 0.826. The third-order valence-electron chi connectivity index (χ3n) is 8.45. The van der Waals surface area contributed by atoms with Crippen molar-refractivity contribution in [3.05, 3.63) is 107 Å². The molecule has 2 aromatic carbocycles. The van der Waals surface area contributed by atoms with E-state index in [1.807, 2.05) is 101 Å². The van der Waals surface area contributed by atoms with Crippen molar-refractivity contribution in [1.29, 1.82) is 0 Å². The van der Waals surface area contributed by atoms with E-state index in [1.165, 1.54) is 0 Å². The van der Waals surface area contributed by atoms with E-state index in [9.17, 15) is 0 Å². The van der Waals surface area contributed by atoms with Crippen LogP contribution in [0.2, 0.25) is 0 Å². The molecule has 0 aliphatic heterocycles. The zero-order valence-corrected chi connectivity index (χ0v) is 30.8. The molecule has 6 N–H and O–H groups in total. The first kappa shape index (κ1) is 35.2. The molecular weight excluding hydrogens is 701 g/mol. The van der Waals surface area contributed by atoms with Gasteiger partial charge in [-0.25, -0.2) is 19.3 Å². The van der Waals surface area contributed by atoms with Crippen molar-refractivity contribution >= 4 is 33.7 Å². The predicted octanol–water partition coefficient (Wildman–Crippen LogP) is 5.18. The normalized spacial score (nSPS) is 12.7. The largest absolute Gasteiger partial charge is 0.456 e. The van der Waals surface area contributed by atoms with Gasteiger partial charge >= 0.3 is 0 Å². The summed E-state index contributed by atoms with van der Waals surface area (Å²) < 4.78 is 21.4. The highest BCUT2D eigenvalue weighted by atomic mass is 16.5. The lowest BCUT2D eigenvalue weighted by Gasteiger charge is -2.03. The molecule has 6 heterocycles. The van der Waals surface area contributed by atoms with Crippen LogP contribution in [0.5, 0.6) is 0 Å². The van der Waals surface area contributed by atoms with Gasteiger partial charge in [-0.1, -0.05) is 10.4 Å². The molecule has 0 fully saturated rings. The van der Waals surface area contributed by atoms with Crippen molar-refractivity contribution in [3.63, 3.8) is 0 Å². The number of hydrogen-bond acceptors (Lipinski definition) is 11. The van der Waals surface area contributed by atoms with E-state index < -0.39 is 0 Å². The molecule has 0 radical (unpaired) electrons. The van der Waals surface area contributed by atoms with Gasteiger partial charge < -0.3 is 35.0 Å². The average molecular weight is 741 g/mol. The number of H-pyrrole nitrogens is 2. The Morgan fingerprint density at radius 2 is 1.13 bits per heavy atom. The number of benzene rings is 2. The molecule has 0 aliphatic rings. The Morgan fingerprint density at radius 1 is 0.673 bits per heavy atom. The Bertz CT molecular complexity index is 2470. The van der Waals surface area contributed by atoms with Crippen LogP contribution in [0.15, 0.2) is 91.9 Å². The number of aliphatic imine (C=N–C) groups is 2. The smallest absolute Gasteiger partial charge is 0.174 e. The zero-order valence-electron chi connectivity index (χ0n) is 30.8. The molecule has 0 atom stereocenters. The summed E-state index contributed by atoms with van der Waals surface area (Å²) >= 11 is 0. The minimum Gasteiger partial charge on any atom is -0.456 e. The van der Waals surface area contributed by atoms with Gasteiger partial charge in [-0.05, 0) is 88.4 Å². The Kier molecular flexibility index (Phi) is 9.50. The number of aromatic amines is 2. The summed E-state index contributed by atoms with van der Waals surface area (Å²) in [7, 11) is 0. The summed E-state index contributed by atoms with van der Waals surface area (Å²) in [6.45, 7) is 9.23. The summed E-state index contributed by atoms with van der Waals surface area (Å²) in [5.41, 5.74) is 18.6. The number of nitrogens with two attached hydrogens (primary N) is 2. The van der Waals surface area contributed by atoms with Gasteiger partial charge in [-0.3, -0.25) is 9.98 Å². The first-order valence-electron chi connectivity index (χ1n) is 17.8. The molecule has 55 heavy (non-hydrogen) atoms. The van der Waals surface area contributed by atoms with Gasteiger partial charge in [-0.15, -0.1) is 10.2 Å². The SMILES string of the molecule is CC(C)N=C(N)c1ccc2nc(-c3ccc(Cn4cc(COCc5cn(Cc6ccc(-c7nc8ccc(C(N)=NC(C)C)cc8[nH]7)o6)nn5)nn4)o3)[nH]c2c1. The van der Waals surface area contributed by atoms with E-state index in [0.29, 0.717) is 70.8 Å². The predicted molar refractivity (Wildman–Crippen MR) is 206 cm³/mol. The number of furan rings is 2. The van der Waals surface area contributed by atoms with Gasteiger partial charge in [0.15, 0.2) is 23.2 Å². The lowest BCUT2D eigenvalue weighted by atomic mass is 10.2. The molecule has 0 aliphatic carbocycles. The lowest BCUT2D eigenvalue weighted by molar-refractivity contribution is 0.102. The third kappa shape index (κ3) is 8.06. The first-order valence-corrected chi connectivity index (χ1v) is 17.8. The maximum Gasteiger partial charge on any atom is 0.174 e. The lowest BCUT2D eigenvalue weighted by Crippen LogP contribution is -2.15. The second-order valence-corrected chi connectivity index (χ2v) is 13.7. The van der Waals surface area contributed by atoms with Crippen molar-refractivity contribution in [2.45, 2.75) is 66.1 Å². The molecule has 17 nitrogen and oxygen atoms in total. The number of aromatic nitrogens is 10. The number of fused-ring (bicyclic) bond motifs is 2. The molecule has 0 bridgehead atoms. The van der Waals surface area contributed by atoms with E-state index in [1.54, 1.807) is 9.36 Å². The van der Waals surface area contributed by atoms with Crippen molar-refractivity contribution in [3.8, 4) is 23.2 Å². The van der Waals surface area contributed by atoms with Crippen LogP contribution in [0, 0.1) is 0 Å². The number of ether oxygens (including phenoxy) is 1. The zero-order chi connectivity index (χ0) is 38.1. The van der Waals surface area contributed by atoms with Gasteiger partial charge in [0, 0.05) is 23.2 Å². The Hall–Kier alpha value is -6.88. The van der Waals surface area contributed by atoms with Crippen LogP contribution in [0.3, 0.4) is 0 Å². The van der Waals surface area contributed by atoms with Gasteiger partial charge in [0.1, 0.15) is 47.7 Å². The van der Waals surface area contributed by atoms with Crippen LogP contribution in [-0.4, -0.2) is 73.7 Å². The molecule has 6 aromatic heterocycles. The van der Waals surface area contributed by atoms with Crippen molar-refractivity contribution in [2.75, 3.05) is 0 Å². The minimum atomic E-state index is 0.107. The Labute approximate surface area is 314 Å². The van der Waals surface area contributed by atoms with Gasteiger partial charge in [0.2, 0.25) is 0 Å². The molecule has 0 amide bonds. The summed E-state index contributed by atoms with van der Waals surface area (Å²) in [4.78, 5) is 24.9. The van der Waals surface area contributed by atoms with E-state index in [0.717, 1.165) is 33.2 Å². The number of imidazole rings is 2. The van der Waals surface area contributed by atoms with Crippen LogP contribution in [0.25, 0.3) is 45.2 Å². The van der Waals surface area contributed by atoms with Gasteiger partial charge in [-0.2, -0.15) is 0 Å². The van der Waals surface area contributed by atoms with Crippen LogP contribution >= 0.6 is 0 Å². The fraction of sp³-hybridized carbons (Fsp3) is 0.263. The molecule has 0 spiro atoms. The molecular formula is C38H40N14O3. The molecule has 0 unspecified atom stereocenters. The average Bonchev–Trinajstić information content (AvgIpc) is 4.00. The van der Waals surface area contributed by atoms with Gasteiger partial charge in [0.05, 0.1) is 47.7 Å². The monoisotopic (exact) mass is 740 g/mol. The Morgan fingerprint density at radius 3 is 1.56 bits per heavy atom. The maximum absolute atomic E-state index is 6.16. The van der Waals surface area contributed by atoms with Gasteiger partial charge in [0.25, 0.3) is 0 Å². The molecule has 0 saturated heterocycles. The quantitative estimate of drug-likeness (QED) is 0.0838. The standard InChI is InChI=1S/C38H40N14O3/c1-21(2)41-35(39)23-5-9-29-31(13-23)45-37(43-29)33-11-7-27(54-33)17-51-15-25(47-49-51)19-53-20-26-16-52(50-48-26)18-28-8-12-34(55-28)38-44-30-10-6-24(14-32(30)46-38)36(40)42-22(3)4/h5-16,21-22H,17-20H2,1-4H3,(H2,39,41)(H2,40,42)(H,43,45)(H,44,46). The summed E-state index contributed by atoms with van der Waals surface area (Å²) in [5, 5.41) is 16.9. The van der Waals surface area contributed by atoms with E-state index in [4.69, 9.17) is 25.0 Å². The van der Waals surface area contributed by atoms with Crippen LogP contribution < -0.4 is 11.5 Å². The number of amidine groups is 2. The second-order valence-electron chi connectivity index (χ2n) is 13.7. The van der Waals surface area contributed by atoms with E-state index in [-0.39, 0.29) is 25.3 Å². The number of hydrogen-bond donors (Lipinski definition) is 4. The molecule has 8 rings (SSSR count). The second kappa shape index (κ2) is 14.9. The van der Waals surface area contributed by atoms with Crippen molar-refractivity contribution in [1.82, 2.24) is 49.9 Å². The molecule has 17 heteroatoms. The maximum atomic E-state index is 6.16. The molecule has 0 saturated carbocycles. The molecule has 280 valence electrons. The fourth-order valence-corrected chi connectivity index (χ4v) is 6.00. The topological polar surface area (TPSA) is 231 Å². The number of rotatable bonds is 14. The van der Waals surface area contributed by atoms with Crippen molar-refractivity contribution < 1.29 is 13.6 Å². The fourth-order valence-electron chi connectivity index (χ4n) is 6.00. The summed E-state index contributed by atoms with van der Waals surface area (Å²) in [5.74, 6) is 4.84. The van der Waals surface area contributed by atoms with E-state index >= 15 is 0 Å². The third-order valence-corrected chi connectivity index (χ3v) is 8.45. The summed E-state index contributed by atoms with van der Waals surface area (Å²) in [6.07, 6.45) is 3.63. The highest BCUT2D eigenvalue weighted by Gasteiger charge is 2.15. The van der Waals surface area contributed by atoms with E-state index in [2.05, 4.69) is 50.5 Å². The van der Waals surface area contributed by atoms with Crippen LogP contribution in [-0.2, 0) is 31.0 Å². The summed E-state index contributed by atoms with van der Waals surface area (Å²) in [6, 6.07) is 19.3.